The maximum Gasteiger partial charge on any atom is 0.223 e. The van der Waals surface area contributed by atoms with Crippen LogP contribution in [-0.4, -0.2) is 96.9 Å². The topological polar surface area (TPSA) is 47.1 Å². The second-order valence-corrected chi connectivity index (χ2v) is 11.5. The van der Waals surface area contributed by atoms with E-state index in [1.54, 1.807) is 0 Å². The molecule has 0 saturated carbocycles. The normalized spacial score (nSPS) is 19.1. The average molecular weight is 439 g/mol. The lowest BCUT2D eigenvalue weighted by Crippen LogP contribution is -2.49. The fourth-order valence-corrected chi connectivity index (χ4v) is 3.98. The SMILES string of the molecule is CCCN1CCN(C(=O)CC(C)(C)C)CC1.CCN1CCN(C(=O)CC(C)(C)C)CC1. The maximum absolute atomic E-state index is 12.0. The average Bonchev–Trinajstić information content (AvgIpc) is 2.67. The van der Waals surface area contributed by atoms with E-state index in [4.69, 9.17) is 0 Å². The molecule has 6 heteroatoms. The van der Waals surface area contributed by atoms with Gasteiger partial charge in [0.05, 0.1) is 0 Å². The fourth-order valence-electron chi connectivity index (χ4n) is 3.98. The number of carbonyl (C=O) groups excluding carboxylic acids is 2. The monoisotopic (exact) mass is 438 g/mol. The highest BCUT2D eigenvalue weighted by Gasteiger charge is 2.25. The van der Waals surface area contributed by atoms with Gasteiger partial charge in [0, 0.05) is 65.2 Å². The number of hydrogen-bond acceptors (Lipinski definition) is 4. The fraction of sp³-hybridized carbons (Fsp3) is 0.920. The van der Waals surface area contributed by atoms with Gasteiger partial charge in [-0.1, -0.05) is 55.4 Å². The molecule has 0 aromatic carbocycles. The summed E-state index contributed by atoms with van der Waals surface area (Å²) in [6.45, 7) is 27.2. The van der Waals surface area contributed by atoms with E-state index in [1.807, 2.05) is 9.80 Å². The van der Waals surface area contributed by atoms with Gasteiger partial charge in [0.25, 0.3) is 0 Å². The minimum Gasteiger partial charge on any atom is -0.340 e. The van der Waals surface area contributed by atoms with Crippen LogP contribution in [0.1, 0.15) is 74.7 Å². The van der Waals surface area contributed by atoms with Gasteiger partial charge in [-0.05, 0) is 30.3 Å². The van der Waals surface area contributed by atoms with Gasteiger partial charge in [0.1, 0.15) is 0 Å². The van der Waals surface area contributed by atoms with Crippen molar-refractivity contribution in [3.8, 4) is 0 Å². The number of amides is 2. The van der Waals surface area contributed by atoms with Crippen LogP contribution in [0, 0.1) is 10.8 Å². The summed E-state index contributed by atoms with van der Waals surface area (Å²) in [5.41, 5.74) is 0.219. The Morgan fingerprint density at radius 3 is 1.26 bits per heavy atom. The third-order valence-corrected chi connectivity index (χ3v) is 5.80. The van der Waals surface area contributed by atoms with Crippen molar-refractivity contribution in [3.05, 3.63) is 0 Å². The Hall–Kier alpha value is -1.14. The predicted octanol–water partition coefficient (Wildman–Crippen LogP) is 3.56. The van der Waals surface area contributed by atoms with Crippen LogP contribution in [0.5, 0.6) is 0 Å². The Bertz CT molecular complexity index is 535. The molecule has 2 aliphatic heterocycles. The molecular weight excluding hydrogens is 388 g/mol. The molecule has 0 bridgehead atoms. The number of likely N-dealkylation sites (N-methyl/N-ethyl adjacent to an activating group) is 1. The Morgan fingerprint density at radius 2 is 0.968 bits per heavy atom. The maximum atomic E-state index is 12.0. The number of piperazine rings is 2. The first-order chi connectivity index (χ1) is 14.3. The van der Waals surface area contributed by atoms with E-state index in [0.29, 0.717) is 24.7 Å². The van der Waals surface area contributed by atoms with Gasteiger partial charge < -0.3 is 14.7 Å². The number of nitrogens with zero attached hydrogens (tertiary/aromatic N) is 4. The van der Waals surface area contributed by atoms with Crippen LogP contribution >= 0.6 is 0 Å². The minimum atomic E-state index is 0.109. The zero-order valence-corrected chi connectivity index (χ0v) is 21.8. The summed E-state index contributed by atoms with van der Waals surface area (Å²) in [4.78, 5) is 32.8. The van der Waals surface area contributed by atoms with Crippen LogP contribution in [0.4, 0.5) is 0 Å². The second kappa shape index (κ2) is 12.8. The second-order valence-electron chi connectivity index (χ2n) is 11.5. The van der Waals surface area contributed by atoms with Crippen LogP contribution in [0.3, 0.4) is 0 Å². The molecule has 2 fully saturated rings. The minimum absolute atomic E-state index is 0.109. The molecule has 6 nitrogen and oxygen atoms in total. The lowest BCUT2D eigenvalue weighted by atomic mass is 9.91. The summed E-state index contributed by atoms with van der Waals surface area (Å²) in [5, 5.41) is 0. The van der Waals surface area contributed by atoms with E-state index in [-0.39, 0.29) is 10.8 Å². The van der Waals surface area contributed by atoms with E-state index in [1.165, 1.54) is 13.0 Å². The van der Waals surface area contributed by atoms with E-state index in [9.17, 15) is 9.59 Å². The summed E-state index contributed by atoms with van der Waals surface area (Å²) in [5.74, 6) is 0.641. The molecule has 0 aromatic heterocycles. The van der Waals surface area contributed by atoms with Gasteiger partial charge >= 0.3 is 0 Å². The van der Waals surface area contributed by atoms with Gasteiger partial charge in [-0.2, -0.15) is 0 Å². The Balaban J connectivity index is 0.000000311. The summed E-state index contributed by atoms with van der Waals surface area (Å²) in [6.07, 6.45) is 2.54. The van der Waals surface area contributed by atoms with Crippen molar-refractivity contribution in [2.24, 2.45) is 10.8 Å². The highest BCUT2D eigenvalue weighted by atomic mass is 16.2. The molecule has 0 spiro atoms. The van der Waals surface area contributed by atoms with Gasteiger partial charge in [-0.15, -0.1) is 0 Å². The van der Waals surface area contributed by atoms with Gasteiger partial charge in [-0.3, -0.25) is 14.5 Å². The Kier molecular flexibility index (Phi) is 11.5. The first kappa shape index (κ1) is 27.9. The Labute approximate surface area is 192 Å². The molecule has 2 amide bonds. The molecule has 2 heterocycles. The number of carbonyl (C=O) groups is 2. The Morgan fingerprint density at radius 1 is 0.613 bits per heavy atom. The molecule has 2 rings (SSSR count). The molecule has 0 radical (unpaired) electrons. The first-order valence-corrected chi connectivity index (χ1v) is 12.3. The van der Waals surface area contributed by atoms with Gasteiger partial charge in [0.15, 0.2) is 0 Å². The first-order valence-electron chi connectivity index (χ1n) is 12.3. The van der Waals surface area contributed by atoms with Crippen molar-refractivity contribution < 1.29 is 9.59 Å². The third kappa shape index (κ3) is 11.9. The summed E-state index contributed by atoms with van der Waals surface area (Å²) < 4.78 is 0. The van der Waals surface area contributed by atoms with Gasteiger partial charge in [-0.25, -0.2) is 0 Å². The lowest BCUT2D eigenvalue weighted by molar-refractivity contribution is -0.135. The summed E-state index contributed by atoms with van der Waals surface area (Å²) in [7, 11) is 0. The largest absolute Gasteiger partial charge is 0.340 e. The summed E-state index contributed by atoms with van der Waals surface area (Å²) >= 11 is 0. The van der Waals surface area contributed by atoms with E-state index in [0.717, 1.165) is 58.9 Å². The van der Waals surface area contributed by atoms with Crippen molar-refractivity contribution in [3.63, 3.8) is 0 Å². The molecule has 182 valence electrons. The highest BCUT2D eigenvalue weighted by Crippen LogP contribution is 2.21. The summed E-state index contributed by atoms with van der Waals surface area (Å²) in [6, 6.07) is 0. The zero-order chi connectivity index (χ0) is 23.7. The molecule has 0 atom stereocenters. The van der Waals surface area contributed by atoms with Crippen molar-refractivity contribution >= 4 is 11.8 Å². The molecule has 0 unspecified atom stereocenters. The van der Waals surface area contributed by atoms with E-state index in [2.05, 4.69) is 65.2 Å². The third-order valence-electron chi connectivity index (χ3n) is 5.80. The molecule has 2 saturated heterocycles. The van der Waals surface area contributed by atoms with Crippen LogP contribution in [0.25, 0.3) is 0 Å². The highest BCUT2D eigenvalue weighted by molar-refractivity contribution is 5.77. The van der Waals surface area contributed by atoms with Crippen molar-refractivity contribution in [1.29, 1.82) is 0 Å². The molecule has 0 aliphatic carbocycles. The molecule has 31 heavy (non-hydrogen) atoms. The quantitative estimate of drug-likeness (QED) is 0.658. The molecule has 0 aromatic rings. The van der Waals surface area contributed by atoms with Crippen LogP contribution in [-0.2, 0) is 9.59 Å². The van der Waals surface area contributed by atoms with Crippen molar-refractivity contribution in [2.45, 2.75) is 74.7 Å². The standard InChI is InChI=1S/C13H26N2O.C12H24N2O/c1-5-6-14-7-9-15(10-8-14)12(16)11-13(2,3)4;1-5-13-6-8-14(9-7-13)11(15)10-12(2,3)4/h5-11H2,1-4H3;5-10H2,1-4H3. The van der Waals surface area contributed by atoms with Crippen molar-refractivity contribution in [2.75, 3.05) is 65.4 Å². The zero-order valence-electron chi connectivity index (χ0n) is 21.8. The molecular formula is C25H50N4O2. The molecule has 0 N–H and O–H groups in total. The number of hydrogen-bond donors (Lipinski definition) is 0. The predicted molar refractivity (Wildman–Crippen MR) is 130 cm³/mol. The lowest BCUT2D eigenvalue weighted by Gasteiger charge is -2.35. The van der Waals surface area contributed by atoms with Crippen LogP contribution in [0.2, 0.25) is 0 Å². The van der Waals surface area contributed by atoms with Crippen LogP contribution < -0.4 is 0 Å². The van der Waals surface area contributed by atoms with Crippen molar-refractivity contribution in [1.82, 2.24) is 19.6 Å². The smallest absolute Gasteiger partial charge is 0.223 e. The molecule has 2 aliphatic rings. The van der Waals surface area contributed by atoms with E-state index >= 15 is 0 Å². The van der Waals surface area contributed by atoms with Crippen LogP contribution in [0.15, 0.2) is 0 Å². The number of rotatable bonds is 5. The van der Waals surface area contributed by atoms with Gasteiger partial charge in [0.2, 0.25) is 11.8 Å². The van der Waals surface area contributed by atoms with E-state index < -0.39 is 0 Å².